The van der Waals surface area contributed by atoms with E-state index in [9.17, 15) is 4.79 Å². The Morgan fingerprint density at radius 3 is 2.00 bits per heavy atom. The highest BCUT2D eigenvalue weighted by molar-refractivity contribution is 5.51. The second-order valence-corrected chi connectivity index (χ2v) is 5.21. The summed E-state index contributed by atoms with van der Waals surface area (Å²) in [4.78, 5) is 19.1. The van der Waals surface area contributed by atoms with Crippen LogP contribution in [0.15, 0.2) is 53.5 Å². The van der Waals surface area contributed by atoms with Crippen LogP contribution in [0.2, 0.25) is 0 Å². The SMILES string of the molecule is CNOc1ccc(C(C)(C)c2ccc(N=C=O)cc2)cc1. The molecule has 0 fully saturated rings. The van der Waals surface area contributed by atoms with Crippen LogP contribution < -0.4 is 10.3 Å². The molecule has 2 rings (SSSR count). The fourth-order valence-electron chi connectivity index (χ4n) is 2.23. The van der Waals surface area contributed by atoms with Gasteiger partial charge in [-0.3, -0.25) is 0 Å². The van der Waals surface area contributed by atoms with Gasteiger partial charge < -0.3 is 4.84 Å². The van der Waals surface area contributed by atoms with Gasteiger partial charge in [0.15, 0.2) is 0 Å². The van der Waals surface area contributed by atoms with Gasteiger partial charge in [-0.1, -0.05) is 38.1 Å². The van der Waals surface area contributed by atoms with Crippen LogP contribution in [-0.4, -0.2) is 13.1 Å². The van der Waals surface area contributed by atoms with Crippen LogP contribution in [0.1, 0.15) is 25.0 Å². The molecule has 4 heteroatoms. The molecule has 4 nitrogen and oxygen atoms in total. The van der Waals surface area contributed by atoms with Crippen LogP contribution in [0.25, 0.3) is 0 Å². The van der Waals surface area contributed by atoms with Gasteiger partial charge in [-0.15, -0.1) is 0 Å². The van der Waals surface area contributed by atoms with Crippen molar-refractivity contribution in [3.8, 4) is 5.75 Å². The first kappa shape index (κ1) is 15.0. The zero-order valence-electron chi connectivity index (χ0n) is 12.4. The van der Waals surface area contributed by atoms with Crippen LogP contribution in [0.3, 0.4) is 0 Å². The Morgan fingerprint density at radius 1 is 1.00 bits per heavy atom. The molecular weight excluding hydrogens is 264 g/mol. The number of hydroxylamine groups is 1. The topological polar surface area (TPSA) is 50.7 Å². The van der Waals surface area contributed by atoms with Crippen molar-refractivity contribution in [1.82, 2.24) is 5.48 Å². The molecule has 0 spiro atoms. The summed E-state index contributed by atoms with van der Waals surface area (Å²) in [5.41, 5.74) is 5.44. The molecule has 2 aromatic rings. The van der Waals surface area contributed by atoms with Crippen LogP contribution >= 0.6 is 0 Å². The second-order valence-electron chi connectivity index (χ2n) is 5.21. The number of nitrogens with one attached hydrogen (secondary N) is 1. The van der Waals surface area contributed by atoms with Crippen LogP contribution in [0, 0.1) is 0 Å². The van der Waals surface area contributed by atoms with Gasteiger partial charge in [-0.25, -0.2) is 4.79 Å². The van der Waals surface area contributed by atoms with E-state index < -0.39 is 0 Å². The van der Waals surface area contributed by atoms with E-state index in [1.807, 2.05) is 48.5 Å². The molecule has 0 bridgehead atoms. The average Bonchev–Trinajstić information content (AvgIpc) is 2.49. The molecule has 0 saturated heterocycles. The van der Waals surface area contributed by atoms with Crippen molar-refractivity contribution < 1.29 is 9.63 Å². The van der Waals surface area contributed by atoms with Crippen molar-refractivity contribution in [2.75, 3.05) is 7.05 Å². The van der Waals surface area contributed by atoms with E-state index in [0.717, 1.165) is 11.3 Å². The summed E-state index contributed by atoms with van der Waals surface area (Å²) >= 11 is 0. The summed E-state index contributed by atoms with van der Waals surface area (Å²) in [5.74, 6) is 0.771. The Balaban J connectivity index is 2.29. The van der Waals surface area contributed by atoms with Gasteiger partial charge in [0.05, 0.1) is 5.69 Å². The van der Waals surface area contributed by atoms with E-state index in [1.165, 1.54) is 5.56 Å². The first-order valence-corrected chi connectivity index (χ1v) is 6.70. The van der Waals surface area contributed by atoms with E-state index in [2.05, 4.69) is 24.3 Å². The largest absolute Gasteiger partial charge is 0.409 e. The van der Waals surface area contributed by atoms with E-state index in [4.69, 9.17) is 4.84 Å². The molecule has 0 amide bonds. The number of benzene rings is 2. The summed E-state index contributed by atoms with van der Waals surface area (Å²) in [6.45, 7) is 4.30. The predicted molar refractivity (Wildman–Crippen MR) is 82.5 cm³/mol. The normalized spacial score (nSPS) is 10.8. The maximum Gasteiger partial charge on any atom is 0.240 e. The number of aliphatic imine (C=N–C) groups is 1. The van der Waals surface area contributed by atoms with Crippen molar-refractivity contribution in [1.29, 1.82) is 0 Å². The summed E-state index contributed by atoms with van der Waals surface area (Å²) in [7, 11) is 1.72. The molecule has 0 aromatic heterocycles. The molecule has 0 aliphatic heterocycles. The maximum atomic E-state index is 10.3. The molecule has 0 atom stereocenters. The predicted octanol–water partition coefficient (Wildman–Crippen LogP) is 3.49. The molecule has 1 N–H and O–H groups in total. The van der Waals surface area contributed by atoms with E-state index in [1.54, 1.807) is 13.1 Å². The highest BCUT2D eigenvalue weighted by Crippen LogP contribution is 2.33. The lowest BCUT2D eigenvalue weighted by Gasteiger charge is -2.26. The minimum Gasteiger partial charge on any atom is -0.409 e. The number of hydrogen-bond acceptors (Lipinski definition) is 4. The summed E-state index contributed by atoms with van der Waals surface area (Å²) in [6, 6.07) is 15.6. The minimum atomic E-state index is -0.151. The van der Waals surface area contributed by atoms with Crippen molar-refractivity contribution in [2.45, 2.75) is 19.3 Å². The Kier molecular flexibility index (Phi) is 4.53. The van der Waals surface area contributed by atoms with Gasteiger partial charge in [-0.05, 0) is 35.4 Å². The van der Waals surface area contributed by atoms with Crippen molar-refractivity contribution in [2.24, 2.45) is 4.99 Å². The molecule has 2 aromatic carbocycles. The van der Waals surface area contributed by atoms with Crippen LogP contribution in [0.4, 0.5) is 5.69 Å². The smallest absolute Gasteiger partial charge is 0.240 e. The summed E-state index contributed by atoms with van der Waals surface area (Å²) in [6.07, 6.45) is 1.55. The molecular formula is C17H18N2O2. The van der Waals surface area contributed by atoms with E-state index in [-0.39, 0.29) is 5.41 Å². The molecule has 0 radical (unpaired) electrons. The Hall–Kier alpha value is -2.42. The van der Waals surface area contributed by atoms with Crippen molar-refractivity contribution >= 4 is 11.8 Å². The Morgan fingerprint density at radius 2 is 1.52 bits per heavy atom. The minimum absolute atomic E-state index is 0.151. The van der Waals surface area contributed by atoms with Gasteiger partial charge in [0.25, 0.3) is 0 Å². The number of isocyanates is 1. The third-order valence-corrected chi connectivity index (χ3v) is 3.56. The molecule has 0 aliphatic carbocycles. The fraction of sp³-hybridized carbons (Fsp3) is 0.235. The van der Waals surface area contributed by atoms with Crippen LogP contribution in [0.5, 0.6) is 5.75 Å². The lowest BCUT2D eigenvalue weighted by atomic mass is 9.78. The number of carbonyl (C=O) groups excluding carboxylic acids is 1. The van der Waals surface area contributed by atoms with Crippen LogP contribution in [-0.2, 0) is 10.2 Å². The third kappa shape index (κ3) is 3.37. The third-order valence-electron chi connectivity index (χ3n) is 3.56. The summed E-state index contributed by atoms with van der Waals surface area (Å²) < 4.78 is 0. The number of nitrogens with zero attached hydrogens (tertiary/aromatic N) is 1. The van der Waals surface area contributed by atoms with E-state index in [0.29, 0.717) is 5.69 Å². The lowest BCUT2D eigenvalue weighted by Crippen LogP contribution is -2.19. The van der Waals surface area contributed by atoms with Gasteiger partial charge in [-0.2, -0.15) is 10.5 Å². The fourth-order valence-corrected chi connectivity index (χ4v) is 2.23. The van der Waals surface area contributed by atoms with Gasteiger partial charge in [0, 0.05) is 12.5 Å². The van der Waals surface area contributed by atoms with E-state index >= 15 is 0 Å². The standard InChI is InChI=1S/C17H18N2O2/c1-17(2,13-4-8-15(9-5-13)19-12-20)14-6-10-16(11-7-14)21-18-3/h4-11,18H,1-3H3. The molecule has 0 unspecified atom stereocenters. The zero-order valence-corrected chi connectivity index (χ0v) is 12.4. The number of rotatable bonds is 5. The molecule has 108 valence electrons. The van der Waals surface area contributed by atoms with Gasteiger partial charge in [0.1, 0.15) is 5.75 Å². The molecule has 0 saturated carbocycles. The lowest BCUT2D eigenvalue weighted by molar-refractivity contribution is 0.224. The monoisotopic (exact) mass is 282 g/mol. The molecule has 21 heavy (non-hydrogen) atoms. The van der Waals surface area contributed by atoms with Crippen molar-refractivity contribution in [3.05, 3.63) is 59.7 Å². The van der Waals surface area contributed by atoms with Gasteiger partial charge in [0.2, 0.25) is 6.08 Å². The quantitative estimate of drug-likeness (QED) is 0.519. The first-order chi connectivity index (χ1) is 10.1. The summed E-state index contributed by atoms with van der Waals surface area (Å²) in [5, 5.41) is 0. The maximum absolute atomic E-state index is 10.3. The second kappa shape index (κ2) is 6.35. The molecule has 0 aliphatic rings. The number of hydrogen-bond donors (Lipinski definition) is 1. The Labute approximate surface area is 124 Å². The molecule has 0 heterocycles. The average molecular weight is 282 g/mol. The highest BCUT2D eigenvalue weighted by atomic mass is 16.6. The van der Waals surface area contributed by atoms with Gasteiger partial charge >= 0.3 is 0 Å². The zero-order chi connectivity index (χ0) is 15.3. The highest BCUT2D eigenvalue weighted by Gasteiger charge is 2.22. The Bertz CT molecular complexity index is 639. The first-order valence-electron chi connectivity index (χ1n) is 6.70. The van der Waals surface area contributed by atoms with Crippen molar-refractivity contribution in [3.63, 3.8) is 0 Å².